The lowest BCUT2D eigenvalue weighted by atomic mass is 10.1. The van der Waals surface area contributed by atoms with Crippen LogP contribution in [0.2, 0.25) is 5.02 Å². The van der Waals surface area contributed by atoms with Gasteiger partial charge < -0.3 is 9.64 Å². The average Bonchev–Trinajstić information content (AvgIpc) is 2.81. The Hall–Kier alpha value is -2.96. The standard InChI is InChI=1S/C25H23ClF2N2O2/c26-21-4-2-5-22(15-21)32-17-18-7-9-19(10-8-18)25(31)30-13-11-29(12-14-30)16-20-3-1-6-23(27)24(20)28/h1-10,15H,11-14,16-17H2. The monoisotopic (exact) mass is 456 g/mol. The summed E-state index contributed by atoms with van der Waals surface area (Å²) in [5, 5.41) is 0.615. The van der Waals surface area contributed by atoms with Crippen molar-refractivity contribution in [3.8, 4) is 5.75 Å². The van der Waals surface area contributed by atoms with Gasteiger partial charge in [-0.05, 0) is 42.0 Å². The minimum Gasteiger partial charge on any atom is -0.489 e. The van der Waals surface area contributed by atoms with Gasteiger partial charge in [-0.15, -0.1) is 0 Å². The minimum atomic E-state index is -0.835. The van der Waals surface area contributed by atoms with E-state index in [1.807, 2.05) is 29.2 Å². The first-order valence-corrected chi connectivity index (χ1v) is 10.8. The molecule has 1 aliphatic heterocycles. The second-order valence-corrected chi connectivity index (χ2v) is 8.16. The third kappa shape index (κ3) is 5.44. The molecule has 1 aliphatic rings. The third-order valence-electron chi connectivity index (χ3n) is 5.49. The van der Waals surface area contributed by atoms with Crippen molar-refractivity contribution in [2.24, 2.45) is 0 Å². The normalized spacial score (nSPS) is 14.4. The lowest BCUT2D eigenvalue weighted by Gasteiger charge is -2.34. The Labute approximate surface area is 191 Å². The van der Waals surface area contributed by atoms with Crippen molar-refractivity contribution in [1.82, 2.24) is 9.80 Å². The average molecular weight is 457 g/mol. The number of nitrogens with zero attached hydrogens (tertiary/aromatic N) is 2. The van der Waals surface area contributed by atoms with Gasteiger partial charge in [0.15, 0.2) is 11.6 Å². The van der Waals surface area contributed by atoms with Crippen LogP contribution in [0, 0.1) is 11.6 Å². The summed E-state index contributed by atoms with van der Waals surface area (Å²) in [6.07, 6.45) is 0. The smallest absolute Gasteiger partial charge is 0.253 e. The van der Waals surface area contributed by atoms with Crippen molar-refractivity contribution < 1.29 is 18.3 Å². The topological polar surface area (TPSA) is 32.8 Å². The number of benzene rings is 3. The number of piperazine rings is 1. The first-order valence-electron chi connectivity index (χ1n) is 10.4. The maximum absolute atomic E-state index is 13.9. The maximum atomic E-state index is 13.9. The summed E-state index contributed by atoms with van der Waals surface area (Å²) in [6.45, 7) is 2.99. The molecule has 1 amide bonds. The summed E-state index contributed by atoms with van der Waals surface area (Å²) < 4.78 is 33.0. The molecule has 0 atom stereocenters. The van der Waals surface area contributed by atoms with Crippen LogP contribution in [0.1, 0.15) is 21.5 Å². The van der Waals surface area contributed by atoms with Gasteiger partial charge in [0.05, 0.1) is 0 Å². The number of hydrogen-bond acceptors (Lipinski definition) is 3. The van der Waals surface area contributed by atoms with Crippen LogP contribution in [-0.4, -0.2) is 41.9 Å². The van der Waals surface area contributed by atoms with E-state index in [2.05, 4.69) is 0 Å². The van der Waals surface area contributed by atoms with Crippen LogP contribution in [0.4, 0.5) is 8.78 Å². The van der Waals surface area contributed by atoms with Crippen LogP contribution in [0.25, 0.3) is 0 Å². The molecule has 32 heavy (non-hydrogen) atoms. The lowest BCUT2D eigenvalue weighted by molar-refractivity contribution is 0.0627. The van der Waals surface area contributed by atoms with E-state index < -0.39 is 11.6 Å². The van der Waals surface area contributed by atoms with Crippen molar-refractivity contribution in [3.05, 3.63) is 100 Å². The lowest BCUT2D eigenvalue weighted by Crippen LogP contribution is -2.48. The van der Waals surface area contributed by atoms with E-state index in [1.165, 1.54) is 6.07 Å². The van der Waals surface area contributed by atoms with Crippen molar-refractivity contribution in [3.63, 3.8) is 0 Å². The number of carbonyl (C=O) groups excluding carboxylic acids is 1. The molecular formula is C25H23ClF2N2O2. The SMILES string of the molecule is O=C(c1ccc(COc2cccc(Cl)c2)cc1)N1CCN(Cc2cccc(F)c2F)CC1. The van der Waals surface area contributed by atoms with Gasteiger partial charge in [-0.3, -0.25) is 9.69 Å². The zero-order chi connectivity index (χ0) is 22.5. The second-order valence-electron chi connectivity index (χ2n) is 7.72. The molecule has 0 saturated carbocycles. The molecule has 3 aromatic rings. The van der Waals surface area contributed by atoms with E-state index in [0.29, 0.717) is 61.2 Å². The quantitative estimate of drug-likeness (QED) is 0.514. The predicted molar refractivity (Wildman–Crippen MR) is 120 cm³/mol. The Bertz CT molecular complexity index is 1080. The van der Waals surface area contributed by atoms with Crippen molar-refractivity contribution in [2.75, 3.05) is 26.2 Å². The molecular weight excluding hydrogens is 434 g/mol. The Morgan fingerprint density at radius 3 is 2.38 bits per heavy atom. The highest BCUT2D eigenvalue weighted by atomic mass is 35.5. The fourth-order valence-electron chi connectivity index (χ4n) is 3.67. The fraction of sp³-hybridized carbons (Fsp3) is 0.240. The van der Waals surface area contributed by atoms with E-state index in [4.69, 9.17) is 16.3 Å². The number of carbonyl (C=O) groups is 1. The molecule has 166 valence electrons. The molecule has 4 nitrogen and oxygen atoms in total. The number of hydrogen-bond donors (Lipinski definition) is 0. The first-order chi connectivity index (χ1) is 15.5. The number of ether oxygens (including phenoxy) is 1. The molecule has 0 radical (unpaired) electrons. The predicted octanol–water partition coefficient (Wildman–Crippen LogP) is 5.16. The Kier molecular flexibility index (Phi) is 7.02. The van der Waals surface area contributed by atoms with E-state index in [9.17, 15) is 13.6 Å². The summed E-state index contributed by atoms with van der Waals surface area (Å²) in [4.78, 5) is 16.7. The molecule has 0 aromatic heterocycles. The van der Waals surface area contributed by atoms with Gasteiger partial charge in [0, 0.05) is 48.9 Å². The highest BCUT2D eigenvalue weighted by Crippen LogP contribution is 2.19. The van der Waals surface area contributed by atoms with Crippen LogP contribution < -0.4 is 4.74 Å². The van der Waals surface area contributed by atoms with Crippen LogP contribution >= 0.6 is 11.6 Å². The maximum Gasteiger partial charge on any atom is 0.253 e. The van der Waals surface area contributed by atoms with Crippen molar-refractivity contribution >= 4 is 17.5 Å². The van der Waals surface area contributed by atoms with Gasteiger partial charge in [0.25, 0.3) is 5.91 Å². The van der Waals surface area contributed by atoms with E-state index in [0.717, 1.165) is 11.6 Å². The Morgan fingerprint density at radius 1 is 0.938 bits per heavy atom. The summed E-state index contributed by atoms with van der Waals surface area (Å²) in [7, 11) is 0. The summed E-state index contributed by atoms with van der Waals surface area (Å²) in [5.41, 5.74) is 1.89. The van der Waals surface area contributed by atoms with Crippen LogP contribution in [-0.2, 0) is 13.2 Å². The van der Waals surface area contributed by atoms with Crippen molar-refractivity contribution in [2.45, 2.75) is 13.2 Å². The Morgan fingerprint density at radius 2 is 1.66 bits per heavy atom. The van der Waals surface area contributed by atoms with Gasteiger partial charge in [-0.2, -0.15) is 0 Å². The van der Waals surface area contributed by atoms with E-state index in [1.54, 1.807) is 35.2 Å². The van der Waals surface area contributed by atoms with E-state index in [-0.39, 0.29) is 5.91 Å². The summed E-state index contributed by atoms with van der Waals surface area (Å²) in [6, 6.07) is 18.8. The zero-order valence-electron chi connectivity index (χ0n) is 17.4. The van der Waals surface area contributed by atoms with Gasteiger partial charge in [-0.1, -0.05) is 41.9 Å². The van der Waals surface area contributed by atoms with Gasteiger partial charge >= 0.3 is 0 Å². The number of halogens is 3. The Balaban J connectivity index is 1.28. The summed E-state index contributed by atoms with van der Waals surface area (Å²) >= 11 is 5.96. The van der Waals surface area contributed by atoms with Gasteiger partial charge in [0.2, 0.25) is 0 Å². The molecule has 1 saturated heterocycles. The highest BCUT2D eigenvalue weighted by molar-refractivity contribution is 6.30. The molecule has 0 unspecified atom stereocenters. The molecule has 0 spiro atoms. The van der Waals surface area contributed by atoms with E-state index >= 15 is 0 Å². The molecule has 0 bridgehead atoms. The highest BCUT2D eigenvalue weighted by Gasteiger charge is 2.23. The van der Waals surface area contributed by atoms with Crippen LogP contribution in [0.15, 0.2) is 66.7 Å². The molecule has 1 heterocycles. The minimum absolute atomic E-state index is 0.0381. The zero-order valence-corrected chi connectivity index (χ0v) is 18.2. The molecule has 0 N–H and O–H groups in total. The fourth-order valence-corrected chi connectivity index (χ4v) is 3.85. The number of amides is 1. The molecule has 0 aliphatic carbocycles. The summed E-state index contributed by atoms with van der Waals surface area (Å²) in [5.74, 6) is -0.985. The first kappa shape index (κ1) is 22.2. The molecule has 1 fully saturated rings. The van der Waals surface area contributed by atoms with Gasteiger partial charge in [0.1, 0.15) is 12.4 Å². The second kappa shape index (κ2) is 10.1. The van der Waals surface area contributed by atoms with Crippen LogP contribution in [0.5, 0.6) is 5.75 Å². The molecule has 4 rings (SSSR count). The van der Waals surface area contributed by atoms with Crippen LogP contribution in [0.3, 0.4) is 0 Å². The van der Waals surface area contributed by atoms with Crippen molar-refractivity contribution in [1.29, 1.82) is 0 Å². The molecule has 3 aromatic carbocycles. The number of rotatable bonds is 6. The molecule has 7 heteroatoms. The largest absolute Gasteiger partial charge is 0.489 e. The van der Waals surface area contributed by atoms with Gasteiger partial charge in [-0.25, -0.2) is 8.78 Å². The third-order valence-corrected chi connectivity index (χ3v) is 5.72.